The van der Waals surface area contributed by atoms with Crippen molar-refractivity contribution in [3.8, 4) is 0 Å². The average Bonchev–Trinajstić information content (AvgIpc) is 3.39. The van der Waals surface area contributed by atoms with Gasteiger partial charge in [0, 0.05) is 19.7 Å². The maximum absolute atomic E-state index is 13.5. The van der Waals surface area contributed by atoms with Crippen molar-refractivity contribution in [2.24, 2.45) is 5.92 Å². The lowest BCUT2D eigenvalue weighted by atomic mass is 9.74. The number of carbonyl (C=O) groups excluding carboxylic acids is 3. The molecule has 7 heteroatoms. The van der Waals surface area contributed by atoms with E-state index < -0.39 is 5.54 Å². The third kappa shape index (κ3) is 4.40. The van der Waals surface area contributed by atoms with E-state index in [9.17, 15) is 14.4 Å². The van der Waals surface area contributed by atoms with Crippen molar-refractivity contribution in [2.75, 3.05) is 26.2 Å². The van der Waals surface area contributed by atoms with Crippen LogP contribution in [0, 0.1) is 12.8 Å². The molecule has 0 bridgehead atoms. The van der Waals surface area contributed by atoms with Crippen molar-refractivity contribution in [2.45, 2.75) is 70.4 Å². The monoisotopic (exact) mass is 441 g/mol. The van der Waals surface area contributed by atoms with E-state index in [0.29, 0.717) is 39.1 Å². The van der Waals surface area contributed by atoms with Gasteiger partial charge in [-0.25, -0.2) is 4.79 Å². The van der Waals surface area contributed by atoms with Gasteiger partial charge in [-0.1, -0.05) is 37.6 Å². The van der Waals surface area contributed by atoms with Crippen molar-refractivity contribution in [1.82, 2.24) is 15.1 Å². The van der Waals surface area contributed by atoms with Gasteiger partial charge in [-0.3, -0.25) is 14.5 Å². The van der Waals surface area contributed by atoms with Crippen molar-refractivity contribution in [3.05, 3.63) is 35.4 Å². The molecule has 32 heavy (non-hydrogen) atoms. The largest absolute Gasteiger partial charge is 0.376 e. The summed E-state index contributed by atoms with van der Waals surface area (Å²) in [4.78, 5) is 42.5. The van der Waals surface area contributed by atoms with E-state index in [1.54, 1.807) is 0 Å². The summed E-state index contributed by atoms with van der Waals surface area (Å²) < 4.78 is 5.66. The highest BCUT2D eigenvalue weighted by Gasteiger charge is 2.55. The first kappa shape index (κ1) is 22.8. The number of carbonyl (C=O) groups is 3. The van der Waals surface area contributed by atoms with Gasteiger partial charge in [0.25, 0.3) is 5.91 Å². The predicted octanol–water partition coefficient (Wildman–Crippen LogP) is 3.05. The maximum Gasteiger partial charge on any atom is 0.325 e. The molecule has 3 aliphatic heterocycles. The van der Waals surface area contributed by atoms with Gasteiger partial charge in [-0.2, -0.15) is 0 Å². The first-order chi connectivity index (χ1) is 15.4. The second-order valence-electron chi connectivity index (χ2n) is 9.46. The molecule has 0 saturated carbocycles. The van der Waals surface area contributed by atoms with E-state index in [-0.39, 0.29) is 29.9 Å². The number of imide groups is 1. The van der Waals surface area contributed by atoms with Crippen molar-refractivity contribution in [3.63, 3.8) is 0 Å². The third-order valence-electron chi connectivity index (χ3n) is 7.40. The Morgan fingerprint density at radius 3 is 2.59 bits per heavy atom. The molecular formula is C25H35N3O4. The molecule has 7 nitrogen and oxygen atoms in total. The zero-order valence-corrected chi connectivity index (χ0v) is 19.3. The van der Waals surface area contributed by atoms with Crippen molar-refractivity contribution < 1.29 is 19.1 Å². The van der Waals surface area contributed by atoms with Gasteiger partial charge >= 0.3 is 6.03 Å². The lowest BCUT2D eigenvalue weighted by Crippen LogP contribution is -2.56. The maximum atomic E-state index is 13.5. The van der Waals surface area contributed by atoms with Crippen LogP contribution < -0.4 is 5.32 Å². The second kappa shape index (κ2) is 9.61. The van der Waals surface area contributed by atoms with E-state index in [2.05, 4.69) is 5.32 Å². The lowest BCUT2D eigenvalue weighted by molar-refractivity contribution is -0.136. The number of ether oxygens (including phenoxy) is 1. The normalized spacial score (nSPS) is 26.6. The molecule has 4 amide bonds. The van der Waals surface area contributed by atoms with Gasteiger partial charge in [-0.15, -0.1) is 0 Å². The zero-order chi connectivity index (χ0) is 22.7. The van der Waals surface area contributed by atoms with Crippen LogP contribution in [-0.2, 0) is 20.7 Å². The van der Waals surface area contributed by atoms with E-state index >= 15 is 0 Å². The smallest absolute Gasteiger partial charge is 0.325 e. The van der Waals surface area contributed by atoms with Crippen LogP contribution in [0.5, 0.6) is 0 Å². The Balaban J connectivity index is 1.41. The molecular weight excluding hydrogens is 406 g/mol. The van der Waals surface area contributed by atoms with Crippen LogP contribution >= 0.6 is 0 Å². The number of aryl methyl sites for hydroxylation is 1. The summed E-state index contributed by atoms with van der Waals surface area (Å²) in [5, 5.41) is 3.08. The van der Waals surface area contributed by atoms with Crippen molar-refractivity contribution >= 4 is 17.8 Å². The van der Waals surface area contributed by atoms with E-state index in [4.69, 9.17) is 4.74 Å². The number of hydrogen-bond acceptors (Lipinski definition) is 4. The summed E-state index contributed by atoms with van der Waals surface area (Å²) in [6.07, 6.45) is 5.10. The SMILES string of the molecule is CCC[C@@]1(C2CCN(C(=O)Cc3ccccc3C)CC2)NC(=O)N(C[C@H]2CCCO2)C1=O. The van der Waals surface area contributed by atoms with E-state index in [0.717, 1.165) is 43.2 Å². The molecule has 3 fully saturated rings. The summed E-state index contributed by atoms with van der Waals surface area (Å²) >= 11 is 0. The molecule has 1 aromatic rings. The Hall–Kier alpha value is -2.41. The van der Waals surface area contributed by atoms with Crippen LogP contribution in [0.2, 0.25) is 0 Å². The first-order valence-electron chi connectivity index (χ1n) is 12.0. The summed E-state index contributed by atoms with van der Waals surface area (Å²) in [5.41, 5.74) is 1.34. The molecule has 0 unspecified atom stereocenters. The minimum atomic E-state index is -0.852. The van der Waals surface area contributed by atoms with Gasteiger partial charge in [0.2, 0.25) is 5.91 Å². The number of benzene rings is 1. The fourth-order valence-corrected chi connectivity index (χ4v) is 5.55. The topological polar surface area (TPSA) is 79.0 Å². The summed E-state index contributed by atoms with van der Waals surface area (Å²) in [7, 11) is 0. The fraction of sp³-hybridized carbons (Fsp3) is 0.640. The Morgan fingerprint density at radius 2 is 1.94 bits per heavy atom. The molecule has 1 N–H and O–H groups in total. The van der Waals surface area contributed by atoms with Gasteiger partial charge in [0.1, 0.15) is 5.54 Å². The van der Waals surface area contributed by atoms with Gasteiger partial charge < -0.3 is 15.0 Å². The third-order valence-corrected chi connectivity index (χ3v) is 7.40. The van der Waals surface area contributed by atoms with Crippen molar-refractivity contribution in [1.29, 1.82) is 0 Å². The number of urea groups is 1. The number of nitrogens with zero attached hydrogens (tertiary/aromatic N) is 2. The average molecular weight is 442 g/mol. The molecule has 4 rings (SSSR count). The highest BCUT2D eigenvalue weighted by Crippen LogP contribution is 2.37. The van der Waals surface area contributed by atoms with Crippen LogP contribution in [0.3, 0.4) is 0 Å². The minimum absolute atomic E-state index is 0.0379. The number of amides is 4. The van der Waals surface area contributed by atoms with Crippen LogP contribution in [0.4, 0.5) is 4.79 Å². The van der Waals surface area contributed by atoms with Gasteiger partial charge in [-0.05, 0) is 56.1 Å². The van der Waals surface area contributed by atoms with E-state index in [1.165, 1.54) is 4.90 Å². The number of piperidine rings is 1. The first-order valence-corrected chi connectivity index (χ1v) is 12.0. The van der Waals surface area contributed by atoms with Gasteiger partial charge in [0.05, 0.1) is 19.1 Å². The summed E-state index contributed by atoms with van der Waals surface area (Å²) in [6.45, 7) is 6.35. The fourth-order valence-electron chi connectivity index (χ4n) is 5.55. The molecule has 0 radical (unpaired) electrons. The number of nitrogens with one attached hydrogen (secondary N) is 1. The molecule has 1 aromatic carbocycles. The molecule has 0 aromatic heterocycles. The number of hydrogen-bond donors (Lipinski definition) is 1. The minimum Gasteiger partial charge on any atom is -0.376 e. The summed E-state index contributed by atoms with van der Waals surface area (Å²) in [6, 6.07) is 7.69. The molecule has 3 saturated heterocycles. The molecule has 0 spiro atoms. The second-order valence-corrected chi connectivity index (χ2v) is 9.46. The molecule has 174 valence electrons. The standard InChI is InChI=1S/C25H35N3O4/c1-3-12-25(23(30)28(24(31)26-25)17-21-9-6-15-32-21)20-10-13-27(14-11-20)22(29)16-19-8-5-4-7-18(19)2/h4-5,7-8,20-21H,3,6,9-17H2,1-2H3,(H,26,31)/t21-,25+/m1/s1. The highest BCUT2D eigenvalue weighted by atomic mass is 16.5. The molecule has 2 atom stereocenters. The van der Waals surface area contributed by atoms with Crippen LogP contribution in [0.15, 0.2) is 24.3 Å². The van der Waals surface area contributed by atoms with Crippen LogP contribution in [0.25, 0.3) is 0 Å². The Kier molecular flexibility index (Phi) is 6.84. The Bertz CT molecular complexity index is 858. The molecule has 3 heterocycles. The lowest BCUT2D eigenvalue weighted by Gasteiger charge is -2.41. The molecule has 0 aliphatic carbocycles. The predicted molar refractivity (Wildman–Crippen MR) is 121 cm³/mol. The summed E-state index contributed by atoms with van der Waals surface area (Å²) in [5.74, 6) is 0.0597. The van der Waals surface area contributed by atoms with Crippen LogP contribution in [0.1, 0.15) is 56.6 Å². The number of likely N-dealkylation sites (tertiary alicyclic amines) is 1. The highest BCUT2D eigenvalue weighted by molar-refractivity contribution is 6.07. The van der Waals surface area contributed by atoms with E-state index in [1.807, 2.05) is 43.0 Å². The Labute approximate surface area is 190 Å². The zero-order valence-electron chi connectivity index (χ0n) is 19.3. The quantitative estimate of drug-likeness (QED) is 0.660. The Morgan fingerprint density at radius 1 is 1.19 bits per heavy atom. The van der Waals surface area contributed by atoms with Crippen LogP contribution in [-0.4, -0.2) is 65.5 Å². The number of rotatable bonds is 7. The molecule has 3 aliphatic rings. The van der Waals surface area contributed by atoms with Gasteiger partial charge in [0.15, 0.2) is 0 Å².